The lowest BCUT2D eigenvalue weighted by atomic mass is 9.84. The van der Waals surface area contributed by atoms with Crippen LogP contribution in [0.3, 0.4) is 0 Å². The molecule has 23 heavy (non-hydrogen) atoms. The third kappa shape index (κ3) is 3.29. The molecule has 122 valence electrons. The summed E-state index contributed by atoms with van der Waals surface area (Å²) >= 11 is 12.3. The summed E-state index contributed by atoms with van der Waals surface area (Å²) in [6.07, 6.45) is 2.64. The third-order valence-electron chi connectivity index (χ3n) is 5.05. The fourth-order valence-corrected chi connectivity index (χ4v) is 4.11. The van der Waals surface area contributed by atoms with E-state index in [9.17, 15) is 0 Å². The van der Waals surface area contributed by atoms with Crippen molar-refractivity contribution in [3.05, 3.63) is 46.1 Å². The molecule has 4 heterocycles. The first-order chi connectivity index (χ1) is 11.2. The molecule has 2 aromatic rings. The van der Waals surface area contributed by atoms with Gasteiger partial charge in [-0.25, -0.2) is 0 Å². The fourth-order valence-electron chi connectivity index (χ4n) is 3.73. The molecule has 5 heteroatoms. The summed E-state index contributed by atoms with van der Waals surface area (Å²) in [4.78, 5) is 2.55. The normalized spacial score (nSPS) is 26.6. The van der Waals surface area contributed by atoms with Crippen molar-refractivity contribution in [2.24, 2.45) is 5.92 Å². The first-order valence-corrected chi connectivity index (χ1v) is 8.94. The number of rotatable bonds is 4. The lowest BCUT2D eigenvalue weighted by Crippen LogP contribution is -2.55. The van der Waals surface area contributed by atoms with Gasteiger partial charge in [-0.05, 0) is 62.2 Å². The van der Waals surface area contributed by atoms with Crippen molar-refractivity contribution in [2.75, 3.05) is 19.6 Å². The maximum Gasteiger partial charge on any atom is 0.135 e. The molecule has 0 saturated carbocycles. The summed E-state index contributed by atoms with van der Waals surface area (Å²) in [6.45, 7) is 4.45. The smallest absolute Gasteiger partial charge is 0.135 e. The van der Waals surface area contributed by atoms with Crippen molar-refractivity contribution in [3.8, 4) is 11.3 Å². The van der Waals surface area contributed by atoms with E-state index in [0.717, 1.165) is 29.5 Å². The number of nitrogens with zero attached hydrogens (tertiary/aromatic N) is 1. The van der Waals surface area contributed by atoms with Gasteiger partial charge in [-0.2, -0.15) is 0 Å². The average Bonchev–Trinajstić information content (AvgIpc) is 3.05. The molecule has 3 saturated heterocycles. The van der Waals surface area contributed by atoms with E-state index in [2.05, 4.69) is 10.2 Å². The largest absolute Gasteiger partial charge is 0.460 e. The van der Waals surface area contributed by atoms with Gasteiger partial charge in [0.15, 0.2) is 0 Å². The van der Waals surface area contributed by atoms with Crippen LogP contribution in [-0.2, 0) is 6.54 Å². The Hall–Kier alpha value is -1.00. The van der Waals surface area contributed by atoms with Gasteiger partial charge >= 0.3 is 0 Å². The topological polar surface area (TPSA) is 28.4 Å². The zero-order chi connectivity index (χ0) is 15.8. The van der Waals surface area contributed by atoms with Crippen LogP contribution in [0.1, 0.15) is 18.6 Å². The van der Waals surface area contributed by atoms with Crippen LogP contribution in [0.25, 0.3) is 11.3 Å². The molecule has 3 fully saturated rings. The van der Waals surface area contributed by atoms with Crippen molar-refractivity contribution in [3.63, 3.8) is 0 Å². The minimum Gasteiger partial charge on any atom is -0.460 e. The lowest BCUT2D eigenvalue weighted by Gasteiger charge is -2.45. The molecule has 3 aliphatic rings. The molecule has 1 N–H and O–H groups in total. The highest BCUT2D eigenvalue weighted by atomic mass is 35.5. The molecule has 1 aromatic carbocycles. The molecule has 1 aromatic heterocycles. The van der Waals surface area contributed by atoms with E-state index in [1.165, 1.54) is 32.5 Å². The van der Waals surface area contributed by atoms with E-state index in [1.54, 1.807) is 12.1 Å². The quantitative estimate of drug-likeness (QED) is 0.883. The standard InChI is InChI=1S/C18H20Cl2N2O/c19-13-1-3-16(20)15(9-13)18-4-2-14(23-18)10-21-17-11-22-7-5-12(17)6-8-22/h1-4,9,12,17,21H,5-8,10-11H2/t17-/m0/s1. The first kappa shape index (κ1) is 15.5. The SMILES string of the molecule is Clc1ccc(Cl)c(-c2ccc(CN[C@H]3CN4CCC3CC4)o2)c1. The Morgan fingerprint density at radius 2 is 1.96 bits per heavy atom. The van der Waals surface area contributed by atoms with E-state index in [1.807, 2.05) is 18.2 Å². The Kier molecular flexibility index (Phi) is 4.37. The van der Waals surface area contributed by atoms with E-state index < -0.39 is 0 Å². The van der Waals surface area contributed by atoms with Crippen LogP contribution in [0.4, 0.5) is 0 Å². The first-order valence-electron chi connectivity index (χ1n) is 8.19. The predicted octanol–water partition coefficient (Wildman–Crippen LogP) is 4.44. The molecule has 5 rings (SSSR count). The highest BCUT2D eigenvalue weighted by molar-refractivity contribution is 6.35. The zero-order valence-electron chi connectivity index (χ0n) is 12.9. The Labute approximate surface area is 146 Å². The third-order valence-corrected chi connectivity index (χ3v) is 5.61. The second kappa shape index (κ2) is 6.48. The van der Waals surface area contributed by atoms with Crippen molar-refractivity contribution < 1.29 is 4.42 Å². The maximum atomic E-state index is 6.24. The number of fused-ring (bicyclic) bond motifs is 3. The van der Waals surface area contributed by atoms with Gasteiger partial charge in [-0.1, -0.05) is 23.2 Å². The second-order valence-corrected chi connectivity index (χ2v) is 7.36. The fraction of sp³-hybridized carbons (Fsp3) is 0.444. The van der Waals surface area contributed by atoms with E-state index in [0.29, 0.717) is 16.1 Å². The molecule has 3 nitrogen and oxygen atoms in total. The van der Waals surface area contributed by atoms with Crippen LogP contribution in [0.5, 0.6) is 0 Å². The highest BCUT2D eigenvalue weighted by Gasteiger charge is 2.33. The molecule has 1 atom stereocenters. The Bertz CT molecular complexity index is 692. The summed E-state index contributed by atoms with van der Waals surface area (Å²) < 4.78 is 5.96. The molecule has 0 spiro atoms. The molecule has 0 aliphatic carbocycles. The molecule has 3 aliphatic heterocycles. The number of hydrogen-bond donors (Lipinski definition) is 1. The van der Waals surface area contributed by atoms with Gasteiger partial charge in [-0.15, -0.1) is 0 Å². The van der Waals surface area contributed by atoms with Crippen LogP contribution in [-0.4, -0.2) is 30.6 Å². The molecule has 0 unspecified atom stereocenters. The van der Waals surface area contributed by atoms with Crippen LogP contribution in [0, 0.1) is 5.92 Å². The number of furan rings is 1. The number of halogens is 2. The molecule has 0 radical (unpaired) electrons. The van der Waals surface area contributed by atoms with Crippen molar-refractivity contribution in [1.82, 2.24) is 10.2 Å². The molecular weight excluding hydrogens is 331 g/mol. The van der Waals surface area contributed by atoms with Gasteiger partial charge < -0.3 is 14.6 Å². The van der Waals surface area contributed by atoms with E-state index >= 15 is 0 Å². The minimum atomic E-state index is 0.584. The summed E-state index contributed by atoms with van der Waals surface area (Å²) in [5.74, 6) is 2.52. The lowest BCUT2D eigenvalue weighted by molar-refractivity contribution is 0.0711. The summed E-state index contributed by atoms with van der Waals surface area (Å²) in [6, 6.07) is 9.99. The molecule has 0 amide bonds. The Morgan fingerprint density at radius 1 is 1.13 bits per heavy atom. The Morgan fingerprint density at radius 3 is 2.70 bits per heavy atom. The number of hydrogen-bond acceptors (Lipinski definition) is 3. The van der Waals surface area contributed by atoms with Gasteiger partial charge in [-0.3, -0.25) is 0 Å². The van der Waals surface area contributed by atoms with Crippen molar-refractivity contribution >= 4 is 23.2 Å². The van der Waals surface area contributed by atoms with Crippen molar-refractivity contribution in [2.45, 2.75) is 25.4 Å². The zero-order valence-corrected chi connectivity index (χ0v) is 14.4. The molecular formula is C18H20Cl2N2O. The van der Waals surface area contributed by atoms with Gasteiger partial charge in [0.1, 0.15) is 11.5 Å². The van der Waals surface area contributed by atoms with Crippen LogP contribution in [0.2, 0.25) is 10.0 Å². The summed E-state index contributed by atoms with van der Waals surface area (Å²) in [5, 5.41) is 4.98. The van der Waals surface area contributed by atoms with E-state index in [-0.39, 0.29) is 0 Å². The van der Waals surface area contributed by atoms with Crippen LogP contribution < -0.4 is 5.32 Å². The number of nitrogens with one attached hydrogen (secondary N) is 1. The van der Waals surface area contributed by atoms with Gasteiger partial charge in [0.05, 0.1) is 11.6 Å². The van der Waals surface area contributed by atoms with Crippen LogP contribution >= 0.6 is 23.2 Å². The highest BCUT2D eigenvalue weighted by Crippen LogP contribution is 2.32. The minimum absolute atomic E-state index is 0.584. The molecule has 2 bridgehead atoms. The second-order valence-electron chi connectivity index (χ2n) is 6.52. The number of benzene rings is 1. The Balaban J connectivity index is 1.43. The van der Waals surface area contributed by atoms with Gasteiger partial charge in [0, 0.05) is 23.2 Å². The maximum absolute atomic E-state index is 6.24. The predicted molar refractivity (Wildman–Crippen MR) is 94.0 cm³/mol. The monoisotopic (exact) mass is 350 g/mol. The van der Waals surface area contributed by atoms with Gasteiger partial charge in [0.25, 0.3) is 0 Å². The summed E-state index contributed by atoms with van der Waals surface area (Å²) in [7, 11) is 0. The van der Waals surface area contributed by atoms with E-state index in [4.69, 9.17) is 27.6 Å². The number of piperidine rings is 3. The summed E-state index contributed by atoms with van der Waals surface area (Å²) in [5.41, 5.74) is 0.841. The van der Waals surface area contributed by atoms with Crippen LogP contribution in [0.15, 0.2) is 34.7 Å². The average molecular weight is 351 g/mol. The van der Waals surface area contributed by atoms with Crippen molar-refractivity contribution in [1.29, 1.82) is 0 Å². The van der Waals surface area contributed by atoms with Gasteiger partial charge in [0.2, 0.25) is 0 Å².